The molecule has 0 aromatic heterocycles. The summed E-state index contributed by atoms with van der Waals surface area (Å²) in [5.41, 5.74) is 5.02. The van der Waals surface area contributed by atoms with Crippen molar-refractivity contribution in [3.05, 3.63) is 0 Å². The van der Waals surface area contributed by atoms with E-state index in [2.05, 4.69) is 4.74 Å². The van der Waals surface area contributed by atoms with E-state index in [4.69, 9.17) is 5.73 Å². The largest absolute Gasteiger partial charge is 0.434 e. The smallest absolute Gasteiger partial charge is 0.411 e. The van der Waals surface area contributed by atoms with E-state index in [1.165, 1.54) is 4.90 Å². The lowest BCUT2D eigenvalue weighted by atomic mass is 10.1. The van der Waals surface area contributed by atoms with Gasteiger partial charge in [0.05, 0.1) is 0 Å². The van der Waals surface area contributed by atoms with Crippen LogP contribution in [-0.4, -0.2) is 37.0 Å². The van der Waals surface area contributed by atoms with Gasteiger partial charge in [-0.05, 0) is 12.8 Å². The van der Waals surface area contributed by atoms with E-state index < -0.39 is 12.3 Å². The number of halogens is 1. The molecule has 1 aliphatic rings. The molecule has 0 spiro atoms. The monoisotopic (exact) mass is 176 g/mol. The Morgan fingerprint density at radius 2 is 2.17 bits per heavy atom. The summed E-state index contributed by atoms with van der Waals surface area (Å²) in [5.74, 6) is 0. The number of nitrogens with two attached hydrogens (primary N) is 1. The maximum absolute atomic E-state index is 12.6. The Bertz CT molecular complexity index is 157. The highest BCUT2D eigenvalue weighted by Crippen LogP contribution is 2.13. The molecule has 0 atom stereocenters. The molecule has 1 heterocycles. The Labute approximate surface area is 70.5 Å². The molecule has 5 heteroatoms. The molecule has 0 aromatic carbocycles. The molecule has 4 nitrogen and oxygen atoms in total. The SMILES string of the molecule is NCOC(=O)N1CCC(F)CC1. The number of carbonyl (C=O) groups excluding carboxylic acids is 1. The number of carbonyl (C=O) groups is 1. The summed E-state index contributed by atoms with van der Waals surface area (Å²) in [6.07, 6.45) is -0.407. The average molecular weight is 176 g/mol. The van der Waals surface area contributed by atoms with Gasteiger partial charge in [0.15, 0.2) is 0 Å². The van der Waals surface area contributed by atoms with Gasteiger partial charge in [0.2, 0.25) is 0 Å². The zero-order valence-corrected chi connectivity index (χ0v) is 6.83. The van der Waals surface area contributed by atoms with Gasteiger partial charge in [-0.3, -0.25) is 5.73 Å². The van der Waals surface area contributed by atoms with Crippen molar-refractivity contribution in [2.75, 3.05) is 19.8 Å². The van der Waals surface area contributed by atoms with Crippen molar-refractivity contribution >= 4 is 6.09 Å². The summed E-state index contributed by atoms with van der Waals surface area (Å²) < 4.78 is 17.2. The van der Waals surface area contributed by atoms with Gasteiger partial charge in [-0.1, -0.05) is 0 Å². The minimum Gasteiger partial charge on any atom is -0.434 e. The lowest BCUT2D eigenvalue weighted by Crippen LogP contribution is -2.40. The van der Waals surface area contributed by atoms with Crippen molar-refractivity contribution in [3.8, 4) is 0 Å². The second kappa shape index (κ2) is 4.25. The van der Waals surface area contributed by atoms with Crippen LogP contribution in [0.5, 0.6) is 0 Å². The van der Waals surface area contributed by atoms with E-state index in [-0.39, 0.29) is 6.73 Å². The number of likely N-dealkylation sites (tertiary alicyclic amines) is 1. The second-order valence-corrected chi connectivity index (χ2v) is 2.74. The Morgan fingerprint density at radius 3 is 2.67 bits per heavy atom. The Kier molecular flexibility index (Phi) is 3.28. The molecule has 1 amide bonds. The van der Waals surface area contributed by atoms with Crippen molar-refractivity contribution in [1.82, 2.24) is 4.90 Å². The van der Waals surface area contributed by atoms with Crippen LogP contribution < -0.4 is 5.73 Å². The van der Waals surface area contributed by atoms with E-state index >= 15 is 0 Å². The van der Waals surface area contributed by atoms with Crippen molar-refractivity contribution in [1.29, 1.82) is 0 Å². The standard InChI is InChI=1S/C7H13FN2O2/c8-6-1-3-10(4-2-6)7(11)12-5-9/h6H,1-5,9H2. The van der Waals surface area contributed by atoms with Crippen molar-refractivity contribution in [2.24, 2.45) is 5.73 Å². The third kappa shape index (κ3) is 2.34. The van der Waals surface area contributed by atoms with Gasteiger partial charge < -0.3 is 9.64 Å². The van der Waals surface area contributed by atoms with Gasteiger partial charge in [-0.25, -0.2) is 9.18 Å². The summed E-state index contributed by atoms with van der Waals surface area (Å²) in [6, 6.07) is 0. The second-order valence-electron chi connectivity index (χ2n) is 2.74. The molecule has 1 saturated heterocycles. The summed E-state index contributed by atoms with van der Waals surface area (Å²) in [7, 11) is 0. The van der Waals surface area contributed by atoms with Gasteiger partial charge in [0.1, 0.15) is 12.9 Å². The van der Waals surface area contributed by atoms with E-state index in [0.717, 1.165) is 0 Å². The van der Waals surface area contributed by atoms with Crippen LogP contribution in [0.1, 0.15) is 12.8 Å². The van der Waals surface area contributed by atoms with Crippen LogP contribution in [0, 0.1) is 0 Å². The minimum absolute atomic E-state index is 0.117. The minimum atomic E-state index is -0.771. The maximum atomic E-state index is 12.6. The first-order valence-corrected chi connectivity index (χ1v) is 4.00. The van der Waals surface area contributed by atoms with Gasteiger partial charge in [-0.15, -0.1) is 0 Å². The predicted molar refractivity (Wildman–Crippen MR) is 41.2 cm³/mol. The van der Waals surface area contributed by atoms with Crippen molar-refractivity contribution in [3.63, 3.8) is 0 Å². The van der Waals surface area contributed by atoms with Gasteiger partial charge in [0.25, 0.3) is 0 Å². The van der Waals surface area contributed by atoms with Crippen molar-refractivity contribution in [2.45, 2.75) is 19.0 Å². The zero-order valence-electron chi connectivity index (χ0n) is 6.83. The fourth-order valence-corrected chi connectivity index (χ4v) is 1.19. The maximum Gasteiger partial charge on any atom is 0.411 e. The third-order valence-corrected chi connectivity index (χ3v) is 1.89. The summed E-state index contributed by atoms with van der Waals surface area (Å²) in [6.45, 7) is 0.744. The zero-order chi connectivity index (χ0) is 8.97. The number of rotatable bonds is 1. The highest BCUT2D eigenvalue weighted by atomic mass is 19.1. The molecular weight excluding hydrogens is 163 g/mol. The first kappa shape index (κ1) is 9.25. The topological polar surface area (TPSA) is 55.6 Å². The number of piperidine rings is 1. The molecule has 0 bridgehead atoms. The normalized spacial score (nSPS) is 19.3. The van der Waals surface area contributed by atoms with E-state index in [0.29, 0.717) is 25.9 Å². The van der Waals surface area contributed by atoms with Crippen LogP contribution in [0.2, 0.25) is 0 Å². The fraction of sp³-hybridized carbons (Fsp3) is 0.857. The van der Waals surface area contributed by atoms with Crippen LogP contribution in [0.4, 0.5) is 9.18 Å². The van der Waals surface area contributed by atoms with Crippen LogP contribution in [0.15, 0.2) is 0 Å². The lowest BCUT2D eigenvalue weighted by Gasteiger charge is -2.27. The third-order valence-electron chi connectivity index (χ3n) is 1.89. The van der Waals surface area contributed by atoms with E-state index in [9.17, 15) is 9.18 Å². The highest BCUT2D eigenvalue weighted by Gasteiger charge is 2.22. The summed E-state index contributed by atoms with van der Waals surface area (Å²) in [5, 5.41) is 0. The van der Waals surface area contributed by atoms with Gasteiger partial charge in [0, 0.05) is 13.1 Å². The number of hydrogen-bond acceptors (Lipinski definition) is 3. The molecule has 0 aromatic rings. The van der Waals surface area contributed by atoms with Crippen molar-refractivity contribution < 1.29 is 13.9 Å². The summed E-state index contributed by atoms with van der Waals surface area (Å²) >= 11 is 0. The molecular formula is C7H13FN2O2. The van der Waals surface area contributed by atoms with Crippen LogP contribution >= 0.6 is 0 Å². The molecule has 1 fully saturated rings. The average Bonchev–Trinajstić information content (AvgIpc) is 2.06. The molecule has 0 unspecified atom stereocenters. The molecule has 0 aliphatic carbocycles. The molecule has 70 valence electrons. The van der Waals surface area contributed by atoms with Crippen LogP contribution in [-0.2, 0) is 4.74 Å². The number of hydrogen-bond donors (Lipinski definition) is 1. The Hall–Kier alpha value is -0.840. The molecule has 0 saturated carbocycles. The fourth-order valence-electron chi connectivity index (χ4n) is 1.19. The highest BCUT2D eigenvalue weighted by molar-refractivity contribution is 5.67. The number of ether oxygens (including phenoxy) is 1. The summed E-state index contributed by atoms with van der Waals surface area (Å²) in [4.78, 5) is 12.5. The molecule has 1 aliphatic heterocycles. The number of alkyl halides is 1. The number of amides is 1. The predicted octanol–water partition coefficient (Wildman–Crippen LogP) is 0.473. The first-order valence-electron chi connectivity index (χ1n) is 4.00. The molecule has 0 radical (unpaired) electrons. The Balaban J connectivity index is 2.29. The quantitative estimate of drug-likeness (QED) is 0.591. The van der Waals surface area contributed by atoms with Gasteiger partial charge in [-0.2, -0.15) is 0 Å². The molecule has 12 heavy (non-hydrogen) atoms. The first-order chi connectivity index (χ1) is 5.74. The Morgan fingerprint density at radius 1 is 1.58 bits per heavy atom. The number of nitrogens with zero attached hydrogens (tertiary/aromatic N) is 1. The van der Waals surface area contributed by atoms with Crippen LogP contribution in [0.3, 0.4) is 0 Å². The van der Waals surface area contributed by atoms with Gasteiger partial charge >= 0.3 is 6.09 Å². The van der Waals surface area contributed by atoms with Crippen LogP contribution in [0.25, 0.3) is 0 Å². The molecule has 2 N–H and O–H groups in total. The van der Waals surface area contributed by atoms with E-state index in [1.807, 2.05) is 0 Å². The lowest BCUT2D eigenvalue weighted by molar-refractivity contribution is 0.0841. The molecule has 1 rings (SSSR count). The van der Waals surface area contributed by atoms with E-state index in [1.54, 1.807) is 0 Å².